The molecule has 0 amide bonds. The molecule has 19 heavy (non-hydrogen) atoms. The molecule has 0 radical (unpaired) electrons. The van der Waals surface area contributed by atoms with Crippen LogP contribution >= 0.6 is 15.9 Å². The predicted octanol–water partition coefficient (Wildman–Crippen LogP) is 5.44. The molecule has 1 aliphatic rings. The second-order valence-electron chi connectivity index (χ2n) is 5.16. The van der Waals surface area contributed by atoms with Crippen LogP contribution in [0.3, 0.4) is 0 Å². The van der Waals surface area contributed by atoms with E-state index < -0.39 is 0 Å². The number of para-hydroxylation sites is 1. The highest BCUT2D eigenvalue weighted by molar-refractivity contribution is 9.09. The van der Waals surface area contributed by atoms with Crippen molar-refractivity contribution in [2.75, 3.05) is 11.9 Å². The number of rotatable bonds is 5. The molecule has 0 atom stereocenters. The number of hydrogen-bond donors (Lipinski definition) is 0. The first-order valence-electron chi connectivity index (χ1n) is 7.33. The van der Waals surface area contributed by atoms with Gasteiger partial charge in [-0.05, 0) is 31.7 Å². The van der Waals surface area contributed by atoms with Crippen LogP contribution in [0.15, 0.2) is 29.8 Å². The molecular weight excluding hydrogens is 300 g/mol. The zero-order chi connectivity index (χ0) is 13.5. The van der Waals surface area contributed by atoms with Gasteiger partial charge in [-0.15, -0.1) is 0 Å². The summed E-state index contributed by atoms with van der Waals surface area (Å²) in [5.41, 5.74) is 2.73. The molecule has 0 unspecified atom stereocenters. The third-order valence-electron chi connectivity index (χ3n) is 3.84. The van der Waals surface area contributed by atoms with Crippen molar-refractivity contribution in [3.63, 3.8) is 0 Å². The van der Waals surface area contributed by atoms with Gasteiger partial charge in [0.05, 0.1) is 6.61 Å². The molecule has 1 aliphatic carbocycles. The maximum absolute atomic E-state index is 5.71. The van der Waals surface area contributed by atoms with E-state index in [1.807, 2.05) is 13.0 Å². The lowest BCUT2D eigenvalue weighted by Gasteiger charge is -2.23. The minimum Gasteiger partial charge on any atom is -0.493 e. The molecular formula is C17H23BrO. The molecule has 0 spiro atoms. The Morgan fingerprint density at radius 3 is 2.68 bits per heavy atom. The van der Waals surface area contributed by atoms with Crippen molar-refractivity contribution >= 4 is 22.0 Å². The van der Waals surface area contributed by atoms with Gasteiger partial charge in [0.25, 0.3) is 0 Å². The Hall–Kier alpha value is -0.760. The normalized spacial score (nSPS) is 17.5. The molecule has 104 valence electrons. The molecule has 0 aliphatic heterocycles. The van der Waals surface area contributed by atoms with Crippen LogP contribution in [0.4, 0.5) is 0 Å². The average molecular weight is 323 g/mol. The Kier molecular flexibility index (Phi) is 5.96. The van der Waals surface area contributed by atoms with E-state index >= 15 is 0 Å². The molecule has 0 heterocycles. The summed E-state index contributed by atoms with van der Waals surface area (Å²) in [5, 5.41) is 0.970. The van der Waals surface area contributed by atoms with E-state index in [4.69, 9.17) is 4.74 Å². The van der Waals surface area contributed by atoms with Crippen LogP contribution in [0.25, 0.3) is 6.08 Å². The van der Waals surface area contributed by atoms with Crippen molar-refractivity contribution in [2.24, 2.45) is 5.92 Å². The summed E-state index contributed by atoms with van der Waals surface area (Å²) in [6, 6.07) is 8.33. The van der Waals surface area contributed by atoms with Crippen LogP contribution < -0.4 is 4.74 Å². The van der Waals surface area contributed by atoms with Gasteiger partial charge in [-0.2, -0.15) is 0 Å². The summed E-state index contributed by atoms with van der Waals surface area (Å²) in [5.74, 6) is 1.75. The number of ether oxygens (including phenoxy) is 1. The third kappa shape index (κ3) is 4.10. The highest BCUT2D eigenvalue weighted by Gasteiger charge is 2.17. The summed E-state index contributed by atoms with van der Waals surface area (Å²) in [4.78, 5) is 0. The Labute approximate surface area is 125 Å². The molecule has 0 saturated heterocycles. The van der Waals surface area contributed by atoms with Gasteiger partial charge in [0.2, 0.25) is 0 Å². The lowest BCUT2D eigenvalue weighted by molar-refractivity contribution is 0.339. The van der Waals surface area contributed by atoms with Crippen LogP contribution in [0.5, 0.6) is 5.75 Å². The lowest BCUT2D eigenvalue weighted by Crippen LogP contribution is -2.10. The van der Waals surface area contributed by atoms with E-state index in [-0.39, 0.29) is 0 Å². The fourth-order valence-corrected chi connectivity index (χ4v) is 3.45. The summed E-state index contributed by atoms with van der Waals surface area (Å²) in [7, 11) is 0. The molecule has 1 aromatic rings. The minimum absolute atomic E-state index is 0.720. The van der Waals surface area contributed by atoms with E-state index in [1.165, 1.54) is 43.2 Å². The van der Waals surface area contributed by atoms with Gasteiger partial charge in [0.1, 0.15) is 5.75 Å². The number of allylic oxidation sites excluding steroid dienone is 1. The monoisotopic (exact) mass is 322 g/mol. The predicted molar refractivity (Wildman–Crippen MR) is 86.0 cm³/mol. The van der Waals surface area contributed by atoms with E-state index in [2.05, 4.69) is 40.2 Å². The molecule has 1 aromatic carbocycles. The second-order valence-corrected chi connectivity index (χ2v) is 5.72. The van der Waals surface area contributed by atoms with Gasteiger partial charge in [0.15, 0.2) is 0 Å². The van der Waals surface area contributed by atoms with Crippen LogP contribution in [-0.4, -0.2) is 11.9 Å². The fourth-order valence-electron chi connectivity index (χ4n) is 2.83. The molecule has 0 aromatic heterocycles. The van der Waals surface area contributed by atoms with Crippen molar-refractivity contribution in [1.82, 2.24) is 0 Å². The summed E-state index contributed by atoms with van der Waals surface area (Å²) < 4.78 is 5.71. The van der Waals surface area contributed by atoms with Crippen molar-refractivity contribution in [3.05, 3.63) is 35.4 Å². The molecule has 2 heteroatoms. The van der Waals surface area contributed by atoms with Gasteiger partial charge in [-0.1, -0.05) is 65.0 Å². The highest BCUT2D eigenvalue weighted by atomic mass is 79.9. The molecule has 1 nitrogen and oxygen atoms in total. The van der Waals surface area contributed by atoms with E-state index in [0.717, 1.165) is 23.6 Å². The molecule has 0 N–H and O–H groups in total. The van der Waals surface area contributed by atoms with E-state index in [0.29, 0.717) is 0 Å². The van der Waals surface area contributed by atoms with Crippen LogP contribution in [0, 0.1) is 5.92 Å². The van der Waals surface area contributed by atoms with Gasteiger partial charge in [0, 0.05) is 10.9 Å². The van der Waals surface area contributed by atoms with Gasteiger partial charge in [-0.3, -0.25) is 0 Å². The maximum atomic E-state index is 5.71. The Morgan fingerprint density at radius 1 is 1.26 bits per heavy atom. The number of alkyl halides is 1. The van der Waals surface area contributed by atoms with Crippen LogP contribution in [0.1, 0.15) is 44.6 Å². The summed E-state index contributed by atoms with van der Waals surface area (Å²) in [6.07, 6.45) is 9.17. The number of benzene rings is 1. The number of hydrogen-bond acceptors (Lipinski definition) is 1. The zero-order valence-corrected chi connectivity index (χ0v) is 13.3. The first kappa shape index (κ1) is 14.6. The maximum Gasteiger partial charge on any atom is 0.126 e. The van der Waals surface area contributed by atoms with Gasteiger partial charge >= 0.3 is 0 Å². The fraction of sp³-hybridized carbons (Fsp3) is 0.529. The highest BCUT2D eigenvalue weighted by Crippen LogP contribution is 2.33. The molecule has 1 saturated carbocycles. The lowest BCUT2D eigenvalue weighted by atomic mass is 9.84. The Bertz CT molecular complexity index is 419. The second kappa shape index (κ2) is 7.74. The molecule has 0 bridgehead atoms. The standard InChI is InChI=1S/C17H23BrO/c1-2-19-17-11-7-6-10-15(17)12-16(13-18)14-8-4-3-5-9-14/h6-7,10-12,14H,2-5,8-9,13H2,1H3. The minimum atomic E-state index is 0.720. The van der Waals surface area contributed by atoms with Crippen molar-refractivity contribution < 1.29 is 4.74 Å². The largest absolute Gasteiger partial charge is 0.493 e. The first-order valence-corrected chi connectivity index (χ1v) is 8.45. The van der Waals surface area contributed by atoms with Crippen LogP contribution in [0.2, 0.25) is 0 Å². The van der Waals surface area contributed by atoms with E-state index in [9.17, 15) is 0 Å². The zero-order valence-electron chi connectivity index (χ0n) is 11.7. The topological polar surface area (TPSA) is 9.23 Å². The summed E-state index contributed by atoms with van der Waals surface area (Å²) >= 11 is 3.66. The van der Waals surface area contributed by atoms with Gasteiger partial charge in [-0.25, -0.2) is 0 Å². The van der Waals surface area contributed by atoms with Crippen molar-refractivity contribution in [1.29, 1.82) is 0 Å². The van der Waals surface area contributed by atoms with Gasteiger partial charge < -0.3 is 4.74 Å². The molecule has 1 fully saturated rings. The smallest absolute Gasteiger partial charge is 0.126 e. The summed E-state index contributed by atoms with van der Waals surface area (Å²) in [6.45, 7) is 2.75. The van der Waals surface area contributed by atoms with Crippen molar-refractivity contribution in [2.45, 2.75) is 39.0 Å². The average Bonchev–Trinajstić information content (AvgIpc) is 2.47. The quantitative estimate of drug-likeness (QED) is 0.655. The SMILES string of the molecule is CCOc1ccccc1C=C(CBr)C1CCCCC1. The number of halogens is 1. The van der Waals surface area contributed by atoms with E-state index in [1.54, 1.807) is 0 Å². The Balaban J connectivity index is 2.21. The Morgan fingerprint density at radius 2 is 2.00 bits per heavy atom. The van der Waals surface area contributed by atoms with Crippen molar-refractivity contribution in [3.8, 4) is 5.75 Å². The third-order valence-corrected chi connectivity index (χ3v) is 4.49. The van der Waals surface area contributed by atoms with Crippen LogP contribution in [-0.2, 0) is 0 Å². The molecule has 2 rings (SSSR count). The first-order chi connectivity index (χ1) is 9.35.